The standard InChI is InChI=1S/C7H5FN2O/c8-4-1-5-6(2-7(4)11)10-3-9-5/h1-3,11H,(H,9,10). The molecule has 1 aromatic heterocycles. The number of halogens is 1. The number of nitrogens with one attached hydrogen (secondary N) is 1. The van der Waals surface area contributed by atoms with E-state index in [0.29, 0.717) is 11.0 Å². The lowest BCUT2D eigenvalue weighted by Crippen LogP contribution is -1.76. The zero-order valence-corrected chi connectivity index (χ0v) is 5.50. The maximum atomic E-state index is 12.6. The number of aromatic amines is 1. The number of phenolic OH excluding ortho intramolecular Hbond substituents is 1. The first-order valence-electron chi connectivity index (χ1n) is 3.09. The largest absolute Gasteiger partial charge is 0.505 e. The normalized spacial score (nSPS) is 10.6. The Morgan fingerprint density at radius 2 is 2.27 bits per heavy atom. The minimum absolute atomic E-state index is 0.371. The average Bonchev–Trinajstić information content (AvgIpc) is 2.36. The van der Waals surface area contributed by atoms with Crippen molar-refractivity contribution in [3.05, 3.63) is 24.3 Å². The molecule has 2 aromatic rings. The van der Waals surface area contributed by atoms with Gasteiger partial charge in [-0.2, -0.15) is 0 Å². The Balaban J connectivity index is 2.86. The lowest BCUT2D eigenvalue weighted by molar-refractivity contribution is 0.433. The second-order valence-electron chi connectivity index (χ2n) is 2.22. The van der Waals surface area contributed by atoms with Gasteiger partial charge in [-0.25, -0.2) is 9.37 Å². The molecule has 0 unspecified atom stereocenters. The molecule has 2 N–H and O–H groups in total. The number of fused-ring (bicyclic) bond motifs is 1. The van der Waals surface area contributed by atoms with Crippen LogP contribution in [0.4, 0.5) is 4.39 Å². The Hall–Kier alpha value is -1.58. The molecule has 0 atom stereocenters. The van der Waals surface area contributed by atoms with Crippen LogP contribution >= 0.6 is 0 Å². The van der Waals surface area contributed by atoms with Gasteiger partial charge in [0.15, 0.2) is 11.6 Å². The van der Waals surface area contributed by atoms with E-state index in [1.807, 2.05) is 0 Å². The van der Waals surface area contributed by atoms with Crippen LogP contribution in [0.3, 0.4) is 0 Å². The van der Waals surface area contributed by atoms with Gasteiger partial charge in [0.25, 0.3) is 0 Å². The molecule has 4 heteroatoms. The lowest BCUT2D eigenvalue weighted by atomic mass is 10.3. The molecule has 0 bridgehead atoms. The van der Waals surface area contributed by atoms with Crippen molar-refractivity contribution in [1.29, 1.82) is 0 Å². The SMILES string of the molecule is Oc1cc2nc[nH]c2cc1F. The molecule has 0 saturated heterocycles. The number of imidazole rings is 1. The minimum Gasteiger partial charge on any atom is -0.505 e. The van der Waals surface area contributed by atoms with E-state index in [-0.39, 0.29) is 5.75 Å². The first-order valence-corrected chi connectivity index (χ1v) is 3.09. The molecule has 0 saturated carbocycles. The monoisotopic (exact) mass is 152 g/mol. The quantitative estimate of drug-likeness (QED) is 0.599. The number of hydrogen-bond donors (Lipinski definition) is 2. The number of hydrogen-bond acceptors (Lipinski definition) is 2. The summed E-state index contributed by atoms with van der Waals surface area (Å²) < 4.78 is 12.6. The third kappa shape index (κ3) is 0.832. The first-order chi connectivity index (χ1) is 5.27. The van der Waals surface area contributed by atoms with Gasteiger partial charge in [-0.05, 0) is 0 Å². The average molecular weight is 152 g/mol. The lowest BCUT2D eigenvalue weighted by Gasteiger charge is -1.92. The molecule has 1 heterocycles. The Morgan fingerprint density at radius 1 is 1.45 bits per heavy atom. The third-order valence-electron chi connectivity index (χ3n) is 1.49. The Bertz CT molecular complexity index is 360. The van der Waals surface area contributed by atoms with E-state index in [0.717, 1.165) is 0 Å². The van der Waals surface area contributed by atoms with Gasteiger partial charge >= 0.3 is 0 Å². The number of phenols is 1. The molecule has 0 aliphatic heterocycles. The Labute approximate surface area is 61.5 Å². The van der Waals surface area contributed by atoms with Crippen molar-refractivity contribution in [1.82, 2.24) is 9.97 Å². The minimum atomic E-state index is -0.637. The van der Waals surface area contributed by atoms with Gasteiger partial charge in [-0.15, -0.1) is 0 Å². The summed E-state index contributed by atoms with van der Waals surface area (Å²) in [5, 5.41) is 8.91. The van der Waals surface area contributed by atoms with Crippen molar-refractivity contribution in [2.75, 3.05) is 0 Å². The van der Waals surface area contributed by atoms with E-state index in [9.17, 15) is 4.39 Å². The van der Waals surface area contributed by atoms with Crippen LogP contribution in [0.15, 0.2) is 18.5 Å². The van der Waals surface area contributed by atoms with Crippen molar-refractivity contribution >= 4 is 11.0 Å². The molecular formula is C7H5FN2O. The number of rotatable bonds is 0. The molecule has 3 nitrogen and oxygen atoms in total. The number of aromatic nitrogens is 2. The predicted octanol–water partition coefficient (Wildman–Crippen LogP) is 1.41. The van der Waals surface area contributed by atoms with Gasteiger partial charge in [-0.1, -0.05) is 0 Å². The van der Waals surface area contributed by atoms with E-state index in [1.54, 1.807) is 0 Å². The summed E-state index contributed by atoms with van der Waals surface area (Å²) >= 11 is 0. The molecule has 0 aliphatic carbocycles. The number of benzene rings is 1. The van der Waals surface area contributed by atoms with E-state index < -0.39 is 5.82 Å². The molecular weight excluding hydrogens is 147 g/mol. The van der Waals surface area contributed by atoms with Gasteiger partial charge in [0.05, 0.1) is 17.4 Å². The highest BCUT2D eigenvalue weighted by molar-refractivity contribution is 5.76. The van der Waals surface area contributed by atoms with Crippen LogP contribution in [0.1, 0.15) is 0 Å². The van der Waals surface area contributed by atoms with Crippen molar-refractivity contribution < 1.29 is 9.50 Å². The summed E-state index contributed by atoms with van der Waals surface area (Å²) in [6.07, 6.45) is 1.45. The Kier molecular flexibility index (Phi) is 1.09. The summed E-state index contributed by atoms with van der Waals surface area (Å²) in [6.45, 7) is 0. The van der Waals surface area contributed by atoms with Crippen molar-refractivity contribution in [2.24, 2.45) is 0 Å². The second kappa shape index (κ2) is 1.95. The van der Waals surface area contributed by atoms with Crippen LogP contribution in [-0.4, -0.2) is 15.1 Å². The smallest absolute Gasteiger partial charge is 0.167 e. The van der Waals surface area contributed by atoms with E-state index in [2.05, 4.69) is 9.97 Å². The van der Waals surface area contributed by atoms with Crippen molar-refractivity contribution in [2.45, 2.75) is 0 Å². The highest BCUT2D eigenvalue weighted by atomic mass is 19.1. The van der Waals surface area contributed by atoms with Crippen LogP contribution in [0, 0.1) is 5.82 Å². The highest BCUT2D eigenvalue weighted by Gasteiger charge is 2.03. The summed E-state index contributed by atoms with van der Waals surface area (Å²) in [6, 6.07) is 2.48. The maximum Gasteiger partial charge on any atom is 0.167 e. The van der Waals surface area contributed by atoms with Crippen LogP contribution in [0.2, 0.25) is 0 Å². The highest BCUT2D eigenvalue weighted by Crippen LogP contribution is 2.20. The predicted molar refractivity (Wildman–Crippen MR) is 37.7 cm³/mol. The molecule has 0 aliphatic rings. The number of H-pyrrole nitrogens is 1. The summed E-state index contributed by atoms with van der Waals surface area (Å²) in [5.41, 5.74) is 1.14. The fourth-order valence-corrected chi connectivity index (χ4v) is 0.945. The molecule has 0 spiro atoms. The second-order valence-corrected chi connectivity index (χ2v) is 2.22. The number of aromatic hydroxyl groups is 1. The topological polar surface area (TPSA) is 48.9 Å². The van der Waals surface area contributed by atoms with Gasteiger partial charge in [0.2, 0.25) is 0 Å². The fraction of sp³-hybridized carbons (Fsp3) is 0. The van der Waals surface area contributed by atoms with Gasteiger partial charge < -0.3 is 10.1 Å². The number of nitrogens with zero attached hydrogens (tertiary/aromatic N) is 1. The van der Waals surface area contributed by atoms with E-state index >= 15 is 0 Å². The molecule has 56 valence electrons. The van der Waals surface area contributed by atoms with Crippen molar-refractivity contribution in [3.8, 4) is 5.75 Å². The molecule has 2 rings (SSSR count). The van der Waals surface area contributed by atoms with Gasteiger partial charge in [-0.3, -0.25) is 0 Å². The third-order valence-corrected chi connectivity index (χ3v) is 1.49. The Morgan fingerprint density at radius 3 is 3.09 bits per heavy atom. The van der Waals surface area contributed by atoms with E-state index in [4.69, 9.17) is 5.11 Å². The van der Waals surface area contributed by atoms with Crippen molar-refractivity contribution in [3.63, 3.8) is 0 Å². The molecule has 0 amide bonds. The summed E-state index contributed by atoms with van der Waals surface area (Å²) in [5.74, 6) is -1.01. The molecule has 0 fully saturated rings. The van der Waals surface area contributed by atoms with Gasteiger partial charge in [0, 0.05) is 12.1 Å². The summed E-state index contributed by atoms with van der Waals surface area (Å²) in [4.78, 5) is 6.56. The molecule has 11 heavy (non-hydrogen) atoms. The fourth-order valence-electron chi connectivity index (χ4n) is 0.945. The van der Waals surface area contributed by atoms with Crippen LogP contribution in [-0.2, 0) is 0 Å². The first kappa shape index (κ1) is 6.15. The summed E-state index contributed by atoms with van der Waals surface area (Å²) in [7, 11) is 0. The molecule has 1 aromatic carbocycles. The van der Waals surface area contributed by atoms with Gasteiger partial charge in [0.1, 0.15) is 0 Å². The van der Waals surface area contributed by atoms with Crippen LogP contribution < -0.4 is 0 Å². The van der Waals surface area contributed by atoms with E-state index in [1.165, 1.54) is 18.5 Å². The maximum absolute atomic E-state index is 12.6. The zero-order valence-electron chi connectivity index (χ0n) is 5.50. The van der Waals surface area contributed by atoms with Crippen LogP contribution in [0.25, 0.3) is 11.0 Å². The molecule has 0 radical (unpaired) electrons. The van der Waals surface area contributed by atoms with Crippen LogP contribution in [0.5, 0.6) is 5.75 Å². The zero-order chi connectivity index (χ0) is 7.84.